The molecular formula is C35H65O13P. The summed E-state index contributed by atoms with van der Waals surface area (Å²) in [7, 11) is -5.10. The number of hydrogen-bond donors (Lipinski definition) is 6. The summed E-state index contributed by atoms with van der Waals surface area (Å²) < 4.78 is 33.1. The normalized spacial score (nSPS) is 24.5. The van der Waals surface area contributed by atoms with Gasteiger partial charge in [-0.1, -0.05) is 103 Å². The van der Waals surface area contributed by atoms with Crippen molar-refractivity contribution in [1.29, 1.82) is 0 Å². The van der Waals surface area contributed by atoms with Gasteiger partial charge in [-0.15, -0.1) is 0 Å². The molecule has 8 atom stereocenters. The minimum Gasteiger partial charge on any atom is -0.462 e. The van der Waals surface area contributed by atoms with Gasteiger partial charge in [0.2, 0.25) is 0 Å². The van der Waals surface area contributed by atoms with Crippen LogP contribution in [0.15, 0.2) is 12.2 Å². The molecule has 13 nitrogen and oxygen atoms in total. The second-order valence-corrected chi connectivity index (χ2v) is 14.5. The molecule has 0 radical (unpaired) electrons. The minimum atomic E-state index is -5.10. The first kappa shape index (κ1) is 45.6. The Bertz CT molecular complexity index is 932. The van der Waals surface area contributed by atoms with Crippen molar-refractivity contribution in [1.82, 2.24) is 0 Å². The Kier molecular flexibility index (Phi) is 25.4. The molecule has 288 valence electrons. The number of carbonyl (C=O) groups is 2. The number of carbonyl (C=O) groups excluding carboxylic acids is 2. The van der Waals surface area contributed by atoms with Crippen LogP contribution in [0.2, 0.25) is 0 Å². The Morgan fingerprint density at radius 2 is 1.04 bits per heavy atom. The van der Waals surface area contributed by atoms with Crippen LogP contribution in [0.1, 0.15) is 142 Å². The van der Waals surface area contributed by atoms with Crippen molar-refractivity contribution in [3.63, 3.8) is 0 Å². The van der Waals surface area contributed by atoms with Crippen molar-refractivity contribution in [2.24, 2.45) is 0 Å². The summed E-state index contributed by atoms with van der Waals surface area (Å²) in [5.74, 6) is -1.13. The highest BCUT2D eigenvalue weighted by Gasteiger charge is 2.51. The number of allylic oxidation sites excluding steroid dienone is 2. The molecule has 14 heteroatoms. The third-order valence-corrected chi connectivity index (χ3v) is 9.59. The Hall–Kier alpha value is -1.41. The van der Waals surface area contributed by atoms with Crippen molar-refractivity contribution in [3.8, 4) is 0 Å². The quantitative estimate of drug-likeness (QED) is 0.0255. The highest BCUT2D eigenvalue weighted by molar-refractivity contribution is 7.47. The molecule has 0 aromatic rings. The van der Waals surface area contributed by atoms with E-state index >= 15 is 0 Å². The van der Waals surface area contributed by atoms with Gasteiger partial charge in [-0.2, -0.15) is 0 Å². The number of esters is 2. The van der Waals surface area contributed by atoms with Gasteiger partial charge < -0.3 is 39.9 Å². The van der Waals surface area contributed by atoms with Gasteiger partial charge in [0.1, 0.15) is 43.2 Å². The molecule has 1 aliphatic rings. The summed E-state index contributed by atoms with van der Waals surface area (Å²) in [5, 5.41) is 49.8. The predicted octanol–water partition coefficient (Wildman–Crippen LogP) is 5.16. The zero-order valence-corrected chi connectivity index (χ0v) is 30.6. The van der Waals surface area contributed by atoms with Crippen LogP contribution in [0, 0.1) is 0 Å². The van der Waals surface area contributed by atoms with Crippen molar-refractivity contribution < 1.29 is 63.1 Å². The molecule has 1 rings (SSSR count). The van der Waals surface area contributed by atoms with E-state index in [0.29, 0.717) is 12.8 Å². The van der Waals surface area contributed by atoms with E-state index in [9.17, 15) is 44.6 Å². The lowest BCUT2D eigenvalue weighted by molar-refractivity contribution is -0.220. The molecule has 0 spiro atoms. The highest BCUT2D eigenvalue weighted by atomic mass is 31.2. The standard InChI is InChI=1S/C35H65O13P/c1-3-5-7-9-11-12-13-14-15-16-18-20-22-24-29(37)47-27(25-45-28(36)23-21-19-17-10-8-6-4-2)26-46-49(43,44)48-35-33(41)31(39)30(38)32(40)34(35)42/h14-15,27,30-35,38-42H,3-13,16-26H2,1-2H3,(H,43,44)/b15-14+/t27-,30?,31-,32?,33?,34?,35?/m1/s1. The molecule has 1 fully saturated rings. The molecular weight excluding hydrogens is 659 g/mol. The van der Waals surface area contributed by atoms with Crippen LogP contribution >= 0.6 is 7.82 Å². The average molecular weight is 725 g/mol. The van der Waals surface area contributed by atoms with Gasteiger partial charge in [-0.25, -0.2) is 4.57 Å². The lowest BCUT2D eigenvalue weighted by Gasteiger charge is -2.41. The van der Waals surface area contributed by atoms with Crippen molar-refractivity contribution >= 4 is 19.8 Å². The van der Waals surface area contributed by atoms with Gasteiger partial charge in [0, 0.05) is 12.8 Å². The summed E-state index contributed by atoms with van der Waals surface area (Å²) in [6.45, 7) is 3.17. The molecule has 49 heavy (non-hydrogen) atoms. The molecule has 0 aromatic heterocycles. The summed E-state index contributed by atoms with van der Waals surface area (Å²) in [6.07, 6.45) is 10.4. The first-order chi connectivity index (χ1) is 23.4. The summed E-state index contributed by atoms with van der Waals surface area (Å²) >= 11 is 0. The van der Waals surface area contributed by atoms with Crippen molar-refractivity contribution in [3.05, 3.63) is 12.2 Å². The first-order valence-electron chi connectivity index (χ1n) is 18.5. The number of phosphoric ester groups is 1. The van der Waals surface area contributed by atoms with E-state index in [2.05, 4.69) is 26.0 Å². The molecule has 0 aliphatic heterocycles. The van der Waals surface area contributed by atoms with Crippen molar-refractivity contribution in [2.75, 3.05) is 13.2 Å². The smallest absolute Gasteiger partial charge is 0.462 e. The molecule has 1 aliphatic carbocycles. The van der Waals surface area contributed by atoms with Gasteiger partial charge >= 0.3 is 19.8 Å². The van der Waals surface area contributed by atoms with Crippen LogP contribution in [-0.2, 0) is 32.7 Å². The third kappa shape index (κ3) is 20.9. The number of unbranched alkanes of at least 4 members (excludes halogenated alkanes) is 15. The fourth-order valence-corrected chi connectivity index (χ4v) is 6.49. The molecule has 0 aromatic carbocycles. The van der Waals surface area contributed by atoms with Gasteiger partial charge in [-0.3, -0.25) is 18.6 Å². The molecule has 0 bridgehead atoms. The molecule has 1 saturated carbocycles. The molecule has 0 saturated heterocycles. The van der Waals surface area contributed by atoms with Crippen LogP contribution in [0.5, 0.6) is 0 Å². The van der Waals surface area contributed by atoms with Gasteiger partial charge in [0.25, 0.3) is 0 Å². The summed E-state index contributed by atoms with van der Waals surface area (Å²) in [5.41, 5.74) is 0. The number of hydrogen-bond acceptors (Lipinski definition) is 12. The number of ether oxygens (including phenoxy) is 2. The molecule has 6 N–H and O–H groups in total. The van der Waals surface area contributed by atoms with Gasteiger partial charge in [0.05, 0.1) is 6.61 Å². The van der Waals surface area contributed by atoms with E-state index in [0.717, 1.165) is 57.8 Å². The zero-order chi connectivity index (χ0) is 36.5. The highest BCUT2D eigenvalue weighted by Crippen LogP contribution is 2.47. The summed E-state index contributed by atoms with van der Waals surface area (Å²) in [4.78, 5) is 35.2. The maximum Gasteiger partial charge on any atom is 0.472 e. The molecule has 0 heterocycles. The predicted molar refractivity (Wildman–Crippen MR) is 184 cm³/mol. The van der Waals surface area contributed by atoms with Gasteiger partial charge in [0.15, 0.2) is 6.10 Å². The summed E-state index contributed by atoms with van der Waals surface area (Å²) in [6, 6.07) is 0. The van der Waals surface area contributed by atoms with E-state index in [1.54, 1.807) is 0 Å². The number of rotatable bonds is 29. The van der Waals surface area contributed by atoms with Crippen LogP contribution in [0.3, 0.4) is 0 Å². The van der Waals surface area contributed by atoms with Crippen molar-refractivity contribution in [2.45, 2.75) is 185 Å². The second kappa shape index (κ2) is 27.3. The fourth-order valence-electron chi connectivity index (χ4n) is 5.52. The first-order valence-corrected chi connectivity index (χ1v) is 20.0. The lowest BCUT2D eigenvalue weighted by atomic mass is 9.85. The van der Waals surface area contributed by atoms with E-state index in [1.165, 1.54) is 44.9 Å². The van der Waals surface area contributed by atoms with Crippen LogP contribution in [-0.4, -0.2) is 98.3 Å². The number of aliphatic hydroxyl groups is 5. The minimum absolute atomic E-state index is 0.0792. The maximum absolute atomic E-state index is 12.7. The maximum atomic E-state index is 12.7. The molecule has 0 amide bonds. The van der Waals surface area contributed by atoms with Gasteiger partial charge in [-0.05, 0) is 38.5 Å². The Morgan fingerprint density at radius 1 is 0.612 bits per heavy atom. The van der Waals surface area contributed by atoms with E-state index in [1.807, 2.05) is 0 Å². The second-order valence-electron chi connectivity index (χ2n) is 13.1. The third-order valence-electron chi connectivity index (χ3n) is 8.61. The number of aliphatic hydroxyl groups excluding tert-OH is 5. The lowest BCUT2D eigenvalue weighted by Crippen LogP contribution is -2.64. The Labute approximate surface area is 293 Å². The zero-order valence-electron chi connectivity index (χ0n) is 29.7. The van der Waals surface area contributed by atoms with E-state index < -0.39 is 75.7 Å². The largest absolute Gasteiger partial charge is 0.472 e. The Balaban J connectivity index is 2.57. The molecule has 6 unspecified atom stereocenters. The van der Waals surface area contributed by atoms with Crippen LogP contribution < -0.4 is 0 Å². The SMILES string of the molecule is CCCCCCCC/C=C/CCCCCC(=O)O[C@H](COC(=O)CCCCCCCCC)COP(=O)(O)OC1C(O)C(O)C(O)[C@@H](O)C1O. The van der Waals surface area contributed by atoms with Crippen LogP contribution in [0.25, 0.3) is 0 Å². The number of phosphoric acid groups is 1. The Morgan fingerprint density at radius 3 is 1.57 bits per heavy atom. The van der Waals surface area contributed by atoms with Crippen LogP contribution in [0.4, 0.5) is 0 Å². The fraction of sp³-hybridized carbons (Fsp3) is 0.886. The monoisotopic (exact) mass is 724 g/mol. The van der Waals surface area contributed by atoms with E-state index in [4.69, 9.17) is 18.5 Å². The topological polar surface area (TPSA) is 210 Å². The van der Waals surface area contributed by atoms with E-state index in [-0.39, 0.29) is 12.8 Å². The average Bonchev–Trinajstić information content (AvgIpc) is 3.07.